The van der Waals surface area contributed by atoms with E-state index in [0.29, 0.717) is 26.2 Å². The van der Waals surface area contributed by atoms with E-state index in [0.717, 1.165) is 17.8 Å². The first-order valence-electron chi connectivity index (χ1n) is 8.82. The molecule has 1 saturated heterocycles. The zero-order valence-electron chi connectivity index (χ0n) is 15.2. The van der Waals surface area contributed by atoms with Crippen molar-refractivity contribution in [2.75, 3.05) is 43.4 Å². The fourth-order valence-corrected chi connectivity index (χ4v) is 5.61. The number of para-hydroxylation sites is 1. The Morgan fingerprint density at radius 2 is 1.46 bits per heavy atom. The van der Waals surface area contributed by atoms with E-state index in [1.807, 2.05) is 30.3 Å². The first-order valence-corrected chi connectivity index (χ1v) is 11.9. The molecule has 1 heterocycles. The van der Waals surface area contributed by atoms with Crippen LogP contribution in [0.4, 0.5) is 10.1 Å². The van der Waals surface area contributed by atoms with Crippen LogP contribution in [-0.4, -0.2) is 59.6 Å². The van der Waals surface area contributed by atoms with Crippen LogP contribution in [0.5, 0.6) is 0 Å². The van der Waals surface area contributed by atoms with Gasteiger partial charge in [-0.1, -0.05) is 30.3 Å². The smallest absolute Gasteiger partial charge is 0.243 e. The van der Waals surface area contributed by atoms with Crippen molar-refractivity contribution in [3.8, 4) is 0 Å². The quantitative estimate of drug-likeness (QED) is 0.719. The van der Waals surface area contributed by atoms with E-state index in [-0.39, 0.29) is 12.3 Å². The zero-order chi connectivity index (χ0) is 20.2. The van der Waals surface area contributed by atoms with Crippen LogP contribution in [0, 0.1) is 5.82 Å². The number of halogens is 1. The lowest BCUT2D eigenvalue weighted by atomic mass is 10.2. The summed E-state index contributed by atoms with van der Waals surface area (Å²) >= 11 is 0. The van der Waals surface area contributed by atoms with Crippen molar-refractivity contribution in [1.82, 2.24) is 9.03 Å². The summed E-state index contributed by atoms with van der Waals surface area (Å²) in [6, 6.07) is 14.7. The number of rotatable bonds is 7. The molecule has 0 aromatic heterocycles. The van der Waals surface area contributed by atoms with E-state index >= 15 is 0 Å². The highest BCUT2D eigenvalue weighted by Gasteiger charge is 2.27. The van der Waals surface area contributed by atoms with Crippen molar-refractivity contribution in [2.24, 2.45) is 0 Å². The van der Waals surface area contributed by atoms with E-state index in [2.05, 4.69) is 9.62 Å². The Morgan fingerprint density at radius 1 is 0.857 bits per heavy atom. The Hall–Kier alpha value is -2.01. The van der Waals surface area contributed by atoms with Crippen LogP contribution in [-0.2, 0) is 20.0 Å². The van der Waals surface area contributed by atoms with Crippen LogP contribution in [0.3, 0.4) is 0 Å². The predicted octanol–water partition coefficient (Wildman–Crippen LogP) is 1.26. The third kappa shape index (κ3) is 4.88. The summed E-state index contributed by atoms with van der Waals surface area (Å²) in [7, 11) is -7.72. The average Bonchev–Trinajstić information content (AvgIpc) is 2.69. The molecule has 28 heavy (non-hydrogen) atoms. The molecule has 0 radical (unpaired) electrons. The number of anilines is 1. The molecule has 0 unspecified atom stereocenters. The molecule has 1 fully saturated rings. The normalized spacial score (nSPS) is 16.2. The Morgan fingerprint density at radius 3 is 2.11 bits per heavy atom. The largest absolute Gasteiger partial charge is 0.369 e. The Bertz CT molecular complexity index is 1010. The van der Waals surface area contributed by atoms with Crippen LogP contribution >= 0.6 is 0 Å². The zero-order valence-corrected chi connectivity index (χ0v) is 16.8. The van der Waals surface area contributed by atoms with Crippen LogP contribution in [0.1, 0.15) is 0 Å². The molecule has 1 aliphatic rings. The number of hydrogen-bond acceptors (Lipinski definition) is 5. The Labute approximate surface area is 164 Å². The molecule has 0 atom stereocenters. The first kappa shape index (κ1) is 20.7. The maximum absolute atomic E-state index is 13.7. The van der Waals surface area contributed by atoms with E-state index in [4.69, 9.17) is 0 Å². The molecule has 0 aliphatic carbocycles. The van der Waals surface area contributed by atoms with Gasteiger partial charge in [0, 0.05) is 38.4 Å². The van der Waals surface area contributed by atoms with Gasteiger partial charge in [0.05, 0.1) is 5.75 Å². The highest BCUT2D eigenvalue weighted by molar-refractivity contribution is 7.90. The molecular formula is C18H22FN3O4S2. The standard InChI is InChI=1S/C18H22FN3O4S2/c19-17-8-4-5-9-18(17)28(25,26)20-10-15-27(23,24)22-13-11-21(12-14-22)16-6-2-1-3-7-16/h1-9,20H,10-15H2. The van der Waals surface area contributed by atoms with Gasteiger partial charge >= 0.3 is 0 Å². The topological polar surface area (TPSA) is 86.8 Å². The Balaban J connectivity index is 1.54. The van der Waals surface area contributed by atoms with E-state index in [1.54, 1.807) is 0 Å². The van der Waals surface area contributed by atoms with Crippen molar-refractivity contribution >= 4 is 25.7 Å². The highest BCUT2D eigenvalue weighted by atomic mass is 32.2. The summed E-state index contributed by atoms with van der Waals surface area (Å²) in [4.78, 5) is 1.61. The van der Waals surface area contributed by atoms with Gasteiger partial charge in [0.15, 0.2) is 0 Å². The molecule has 10 heteroatoms. The Kier molecular flexibility index (Phi) is 6.33. The first-order chi connectivity index (χ1) is 13.3. The number of nitrogens with one attached hydrogen (secondary N) is 1. The minimum absolute atomic E-state index is 0.322. The second kappa shape index (κ2) is 8.56. The van der Waals surface area contributed by atoms with Crippen LogP contribution < -0.4 is 9.62 Å². The van der Waals surface area contributed by atoms with Crippen molar-refractivity contribution in [1.29, 1.82) is 0 Å². The minimum Gasteiger partial charge on any atom is -0.369 e. The maximum Gasteiger partial charge on any atom is 0.243 e. The number of nitrogens with zero attached hydrogens (tertiary/aromatic N) is 2. The van der Waals surface area contributed by atoms with Gasteiger partial charge < -0.3 is 4.90 Å². The molecule has 152 valence electrons. The van der Waals surface area contributed by atoms with Gasteiger partial charge in [-0.3, -0.25) is 0 Å². The monoisotopic (exact) mass is 427 g/mol. The minimum atomic E-state index is -4.11. The molecule has 2 aromatic rings. The third-order valence-electron chi connectivity index (χ3n) is 4.53. The molecule has 3 rings (SSSR count). The fraction of sp³-hybridized carbons (Fsp3) is 0.333. The molecule has 0 saturated carbocycles. The van der Waals surface area contributed by atoms with Crippen molar-refractivity contribution < 1.29 is 21.2 Å². The van der Waals surface area contributed by atoms with E-state index in [9.17, 15) is 21.2 Å². The van der Waals surface area contributed by atoms with Gasteiger partial charge in [-0.05, 0) is 24.3 Å². The average molecular weight is 428 g/mol. The molecular weight excluding hydrogens is 405 g/mol. The summed E-state index contributed by atoms with van der Waals surface area (Å²) in [6.45, 7) is 1.46. The lowest BCUT2D eigenvalue weighted by molar-refractivity contribution is 0.385. The molecule has 2 aromatic carbocycles. The highest BCUT2D eigenvalue weighted by Crippen LogP contribution is 2.17. The lowest BCUT2D eigenvalue weighted by Crippen LogP contribution is -2.50. The van der Waals surface area contributed by atoms with Gasteiger partial charge in [0.1, 0.15) is 10.7 Å². The SMILES string of the molecule is O=S(=O)(NCCS(=O)(=O)N1CCN(c2ccccc2)CC1)c1ccccc1F. The van der Waals surface area contributed by atoms with Crippen LogP contribution in [0.2, 0.25) is 0 Å². The number of sulfonamides is 2. The molecule has 0 bridgehead atoms. The summed E-state index contributed by atoms with van der Waals surface area (Å²) in [5, 5.41) is 0. The summed E-state index contributed by atoms with van der Waals surface area (Å²) < 4.78 is 66.5. The maximum atomic E-state index is 13.7. The molecule has 0 amide bonds. The second-order valence-corrected chi connectivity index (χ2v) is 10.2. The summed E-state index contributed by atoms with van der Waals surface area (Å²) in [5.74, 6) is -1.26. The second-order valence-electron chi connectivity index (χ2n) is 6.37. The van der Waals surface area contributed by atoms with Crippen molar-refractivity contribution in [3.05, 3.63) is 60.4 Å². The lowest BCUT2D eigenvalue weighted by Gasteiger charge is -2.35. The van der Waals surface area contributed by atoms with Crippen LogP contribution in [0.15, 0.2) is 59.5 Å². The van der Waals surface area contributed by atoms with Crippen molar-refractivity contribution in [2.45, 2.75) is 4.90 Å². The fourth-order valence-electron chi connectivity index (χ4n) is 3.04. The molecule has 1 aliphatic heterocycles. The number of benzene rings is 2. The van der Waals surface area contributed by atoms with Gasteiger partial charge in [-0.15, -0.1) is 0 Å². The predicted molar refractivity (Wildman–Crippen MR) is 106 cm³/mol. The third-order valence-corrected chi connectivity index (χ3v) is 7.90. The molecule has 7 nitrogen and oxygen atoms in total. The van der Waals surface area contributed by atoms with E-state index in [1.165, 1.54) is 16.4 Å². The van der Waals surface area contributed by atoms with Gasteiger partial charge in [0.2, 0.25) is 20.0 Å². The number of piperazine rings is 1. The van der Waals surface area contributed by atoms with Crippen molar-refractivity contribution in [3.63, 3.8) is 0 Å². The molecule has 1 N–H and O–H groups in total. The van der Waals surface area contributed by atoms with Crippen LogP contribution in [0.25, 0.3) is 0 Å². The summed E-state index contributed by atoms with van der Waals surface area (Å²) in [5.41, 5.74) is 1.04. The van der Waals surface area contributed by atoms with Gasteiger partial charge in [-0.25, -0.2) is 25.9 Å². The van der Waals surface area contributed by atoms with Gasteiger partial charge in [0.25, 0.3) is 0 Å². The summed E-state index contributed by atoms with van der Waals surface area (Å²) in [6.07, 6.45) is 0. The van der Waals surface area contributed by atoms with E-state index < -0.39 is 30.8 Å². The van der Waals surface area contributed by atoms with Gasteiger partial charge in [-0.2, -0.15) is 4.31 Å². The number of hydrogen-bond donors (Lipinski definition) is 1. The molecule has 0 spiro atoms.